The second-order valence-corrected chi connectivity index (χ2v) is 8.81. The summed E-state index contributed by atoms with van der Waals surface area (Å²) in [6.07, 6.45) is 3.68. The summed E-state index contributed by atoms with van der Waals surface area (Å²) in [7, 11) is 3.20. The quantitative estimate of drug-likeness (QED) is 0.184. The summed E-state index contributed by atoms with van der Waals surface area (Å²) in [5.41, 5.74) is 2.79. The molecule has 0 bridgehead atoms. The van der Waals surface area contributed by atoms with Crippen molar-refractivity contribution in [3.05, 3.63) is 83.2 Å². The van der Waals surface area contributed by atoms with E-state index in [2.05, 4.69) is 10.2 Å². The Kier molecular flexibility index (Phi) is 7.60. The molecule has 9 heteroatoms. The number of ketones is 1. The molecule has 0 aliphatic heterocycles. The second kappa shape index (κ2) is 11.0. The summed E-state index contributed by atoms with van der Waals surface area (Å²) < 4.78 is 12.6. The topological polar surface area (TPSA) is 107 Å². The van der Waals surface area contributed by atoms with Crippen LogP contribution >= 0.6 is 11.8 Å². The van der Waals surface area contributed by atoms with Crippen molar-refractivity contribution in [2.24, 2.45) is 0 Å². The van der Waals surface area contributed by atoms with E-state index in [9.17, 15) is 15.0 Å². The van der Waals surface area contributed by atoms with Crippen molar-refractivity contribution >= 4 is 29.7 Å². The molecule has 0 amide bonds. The number of rotatable bonds is 9. The number of hydrogen-bond acceptors (Lipinski definition) is 8. The predicted octanol–water partition coefficient (Wildman–Crippen LogP) is 5.15. The molecule has 1 heterocycles. The van der Waals surface area contributed by atoms with Crippen molar-refractivity contribution in [1.82, 2.24) is 14.8 Å². The van der Waals surface area contributed by atoms with Crippen LogP contribution in [0.4, 0.5) is 0 Å². The van der Waals surface area contributed by atoms with Gasteiger partial charge in [-0.2, -0.15) is 0 Å². The van der Waals surface area contributed by atoms with Crippen LogP contribution in [0.15, 0.2) is 65.8 Å². The Bertz CT molecular complexity index is 1410. The first-order valence-electron chi connectivity index (χ1n) is 11.0. The number of hydrogen-bond donors (Lipinski definition) is 2. The number of nitrogens with zero attached hydrogens (tertiary/aromatic N) is 3. The number of benzene rings is 3. The minimum absolute atomic E-state index is 0.00553. The average Bonchev–Trinajstić information content (AvgIpc) is 3.30. The maximum Gasteiger partial charge on any atom is 0.196 e. The molecule has 0 saturated heterocycles. The molecule has 3 aromatic carbocycles. The van der Waals surface area contributed by atoms with Crippen molar-refractivity contribution in [2.45, 2.75) is 12.1 Å². The number of phenols is 2. The Balaban J connectivity index is 1.67. The third kappa shape index (κ3) is 5.52. The number of carbonyl (C=O) groups excluding carboxylic acids is 1. The van der Waals surface area contributed by atoms with Crippen LogP contribution in [0.1, 0.15) is 27.3 Å². The van der Waals surface area contributed by atoms with Gasteiger partial charge in [0, 0.05) is 11.3 Å². The number of ether oxygens (including phenoxy) is 2. The molecular formula is C27H25N3O5S. The number of aromatic nitrogens is 3. The van der Waals surface area contributed by atoms with Gasteiger partial charge in [0.15, 0.2) is 16.8 Å². The smallest absolute Gasteiger partial charge is 0.196 e. The normalized spacial score (nSPS) is 11.1. The molecule has 184 valence electrons. The minimum Gasteiger partial charge on any atom is -0.508 e. The number of aromatic hydroxyl groups is 2. The maximum atomic E-state index is 12.7. The van der Waals surface area contributed by atoms with Crippen molar-refractivity contribution in [3.63, 3.8) is 0 Å². The monoisotopic (exact) mass is 503 g/mol. The number of aryl methyl sites for hydroxylation is 1. The van der Waals surface area contributed by atoms with Crippen molar-refractivity contribution < 1.29 is 24.5 Å². The lowest BCUT2D eigenvalue weighted by atomic mass is 10.1. The van der Waals surface area contributed by atoms with Crippen molar-refractivity contribution in [1.29, 1.82) is 0 Å². The molecule has 4 rings (SSSR count). The maximum absolute atomic E-state index is 12.7. The van der Waals surface area contributed by atoms with Crippen LogP contribution in [-0.4, -0.2) is 50.7 Å². The highest BCUT2D eigenvalue weighted by Crippen LogP contribution is 2.29. The zero-order valence-electron chi connectivity index (χ0n) is 20.0. The molecule has 0 unspecified atom stereocenters. The fraction of sp³-hybridized carbons (Fsp3) is 0.148. The van der Waals surface area contributed by atoms with E-state index in [4.69, 9.17) is 9.47 Å². The molecule has 0 fully saturated rings. The molecule has 0 atom stereocenters. The third-order valence-corrected chi connectivity index (χ3v) is 6.34. The van der Waals surface area contributed by atoms with Gasteiger partial charge < -0.3 is 19.7 Å². The van der Waals surface area contributed by atoms with E-state index in [1.807, 2.05) is 66.1 Å². The number of phenolic OH excluding ortho intramolecular Hbond substituents is 2. The van der Waals surface area contributed by atoms with Crippen LogP contribution in [0.3, 0.4) is 0 Å². The molecule has 0 aliphatic carbocycles. The lowest BCUT2D eigenvalue weighted by Gasteiger charge is -2.10. The summed E-state index contributed by atoms with van der Waals surface area (Å²) in [6.45, 7) is 2.00. The molecule has 36 heavy (non-hydrogen) atoms. The molecule has 0 spiro atoms. The Morgan fingerprint density at radius 1 is 0.972 bits per heavy atom. The first-order chi connectivity index (χ1) is 17.4. The SMILES string of the molecule is COc1ccc(OC)c(/C=C/c2nnc(SCC(=O)c3cc(O)ccc3O)n2-c2ccc(C)cc2)c1. The molecule has 1 aromatic heterocycles. The van der Waals surface area contributed by atoms with E-state index in [0.29, 0.717) is 22.5 Å². The van der Waals surface area contributed by atoms with Gasteiger partial charge in [0.1, 0.15) is 23.0 Å². The lowest BCUT2D eigenvalue weighted by Crippen LogP contribution is -2.05. The van der Waals surface area contributed by atoms with Gasteiger partial charge in [-0.3, -0.25) is 9.36 Å². The van der Waals surface area contributed by atoms with Gasteiger partial charge in [-0.25, -0.2) is 0 Å². The minimum atomic E-state index is -0.343. The van der Waals surface area contributed by atoms with E-state index in [1.54, 1.807) is 14.2 Å². The summed E-state index contributed by atoms with van der Waals surface area (Å²) in [6, 6.07) is 17.2. The molecule has 0 aliphatic rings. The van der Waals surface area contributed by atoms with Crippen LogP contribution in [0, 0.1) is 6.92 Å². The Hall–Kier alpha value is -4.24. The van der Waals surface area contributed by atoms with Crippen LogP contribution < -0.4 is 9.47 Å². The van der Waals surface area contributed by atoms with E-state index in [0.717, 1.165) is 16.8 Å². The van der Waals surface area contributed by atoms with Crippen LogP contribution in [0.2, 0.25) is 0 Å². The van der Waals surface area contributed by atoms with Gasteiger partial charge in [-0.15, -0.1) is 10.2 Å². The number of methoxy groups -OCH3 is 2. The van der Waals surface area contributed by atoms with E-state index < -0.39 is 0 Å². The van der Waals surface area contributed by atoms with Crippen LogP contribution in [0.25, 0.3) is 17.8 Å². The van der Waals surface area contributed by atoms with Crippen LogP contribution in [0.5, 0.6) is 23.0 Å². The molecule has 4 aromatic rings. The fourth-order valence-corrected chi connectivity index (χ4v) is 4.35. The zero-order valence-corrected chi connectivity index (χ0v) is 20.8. The standard InChI is InChI=1S/C27H25N3O5S/c1-17-4-7-19(8-5-17)30-26(13-6-18-14-21(34-2)10-12-25(18)35-3)28-29-27(30)36-16-24(33)22-15-20(31)9-11-23(22)32/h4-15,31-32H,16H2,1-3H3/b13-6+. The first kappa shape index (κ1) is 24.9. The van der Waals surface area contributed by atoms with Gasteiger partial charge in [0.05, 0.1) is 25.5 Å². The molecule has 0 saturated carbocycles. The highest BCUT2D eigenvalue weighted by Gasteiger charge is 2.17. The highest BCUT2D eigenvalue weighted by atomic mass is 32.2. The van der Waals surface area contributed by atoms with E-state index in [1.165, 1.54) is 30.0 Å². The van der Waals surface area contributed by atoms with Crippen molar-refractivity contribution in [3.8, 4) is 28.7 Å². The molecular weight excluding hydrogens is 478 g/mol. The molecule has 2 N–H and O–H groups in total. The second-order valence-electron chi connectivity index (χ2n) is 7.87. The largest absolute Gasteiger partial charge is 0.508 e. The molecule has 0 radical (unpaired) electrons. The zero-order chi connectivity index (χ0) is 25.7. The highest BCUT2D eigenvalue weighted by molar-refractivity contribution is 7.99. The third-order valence-electron chi connectivity index (χ3n) is 5.41. The first-order valence-corrected chi connectivity index (χ1v) is 12.0. The number of Topliss-reactive ketones (excluding diaryl/α,β-unsaturated/α-hetero) is 1. The summed E-state index contributed by atoms with van der Waals surface area (Å²) in [5.74, 6) is 1.30. The van der Waals surface area contributed by atoms with Gasteiger partial charge >= 0.3 is 0 Å². The number of carbonyl (C=O) groups is 1. The van der Waals surface area contributed by atoms with Gasteiger partial charge in [-0.1, -0.05) is 29.5 Å². The fourth-order valence-electron chi connectivity index (χ4n) is 3.51. The Morgan fingerprint density at radius 3 is 2.47 bits per heavy atom. The van der Waals surface area contributed by atoms with E-state index >= 15 is 0 Å². The average molecular weight is 504 g/mol. The Labute approximate surface area is 212 Å². The van der Waals surface area contributed by atoms with Crippen molar-refractivity contribution in [2.75, 3.05) is 20.0 Å². The van der Waals surface area contributed by atoms with Gasteiger partial charge in [-0.05, 0) is 67.6 Å². The van der Waals surface area contributed by atoms with Crippen LogP contribution in [-0.2, 0) is 0 Å². The van der Waals surface area contributed by atoms with Gasteiger partial charge in [0.2, 0.25) is 0 Å². The summed E-state index contributed by atoms with van der Waals surface area (Å²) in [5, 5.41) is 28.9. The lowest BCUT2D eigenvalue weighted by molar-refractivity contribution is 0.101. The number of thioether (sulfide) groups is 1. The van der Waals surface area contributed by atoms with E-state index in [-0.39, 0.29) is 28.6 Å². The summed E-state index contributed by atoms with van der Waals surface area (Å²) >= 11 is 1.19. The van der Waals surface area contributed by atoms with Gasteiger partial charge in [0.25, 0.3) is 0 Å². The Morgan fingerprint density at radius 2 is 1.75 bits per heavy atom. The molecule has 8 nitrogen and oxygen atoms in total. The predicted molar refractivity (Wildman–Crippen MR) is 139 cm³/mol. The summed E-state index contributed by atoms with van der Waals surface area (Å²) in [4.78, 5) is 12.7.